The molecule has 3 N–H and O–H groups in total. The van der Waals surface area contributed by atoms with Crippen molar-refractivity contribution >= 4 is 35.4 Å². The van der Waals surface area contributed by atoms with E-state index >= 15 is 0 Å². The van der Waals surface area contributed by atoms with Crippen LogP contribution in [0.4, 0.5) is 9.59 Å². The highest BCUT2D eigenvalue weighted by atomic mass is 16.7. The van der Waals surface area contributed by atoms with Gasteiger partial charge >= 0.3 is 18.2 Å². The van der Waals surface area contributed by atoms with Crippen molar-refractivity contribution in [2.45, 2.75) is 129 Å². The zero-order chi connectivity index (χ0) is 36.7. The Balaban J connectivity index is 1.92. The van der Waals surface area contributed by atoms with Gasteiger partial charge in [-0.15, -0.1) is 0 Å². The van der Waals surface area contributed by atoms with Gasteiger partial charge in [-0.25, -0.2) is 9.59 Å². The normalized spacial score (nSPS) is 42.9. The van der Waals surface area contributed by atoms with E-state index < -0.39 is 89.5 Å². The maximum atomic E-state index is 14.4. The maximum absolute atomic E-state index is 14.4. The van der Waals surface area contributed by atoms with E-state index in [1.807, 2.05) is 25.9 Å². The zero-order valence-corrected chi connectivity index (χ0v) is 30.3. The van der Waals surface area contributed by atoms with E-state index in [0.717, 1.165) is 0 Å². The Morgan fingerprint density at radius 2 is 1.67 bits per heavy atom. The van der Waals surface area contributed by atoms with Crippen molar-refractivity contribution in [3.05, 3.63) is 0 Å². The van der Waals surface area contributed by atoms with Crippen LogP contribution in [0.15, 0.2) is 0 Å². The number of nitrogens with zero attached hydrogens (tertiary/aromatic N) is 2. The van der Waals surface area contributed by atoms with Gasteiger partial charge in [0.2, 0.25) is 0 Å². The van der Waals surface area contributed by atoms with Gasteiger partial charge in [0, 0.05) is 29.5 Å². The van der Waals surface area contributed by atoms with Crippen LogP contribution < -0.4 is 5.32 Å². The van der Waals surface area contributed by atoms with Gasteiger partial charge < -0.3 is 44.4 Å². The van der Waals surface area contributed by atoms with E-state index in [2.05, 4.69) is 5.32 Å². The van der Waals surface area contributed by atoms with Crippen LogP contribution in [0.25, 0.3) is 0 Å². The summed E-state index contributed by atoms with van der Waals surface area (Å²) in [4.78, 5) is 72.4. The largest absolute Gasteiger partial charge is 0.458 e. The number of aliphatic hydroxyl groups excluding tert-OH is 1. The number of hydrogen-bond donors (Lipinski definition) is 3. The molecule has 2 bridgehead atoms. The number of ether oxygens (including phenoxy) is 5. The van der Waals surface area contributed by atoms with E-state index in [1.165, 1.54) is 18.7 Å². The lowest BCUT2D eigenvalue weighted by Gasteiger charge is -2.47. The molecule has 0 spiro atoms. The molecule has 4 fully saturated rings. The number of carbonyl (C=O) groups is 5. The van der Waals surface area contributed by atoms with E-state index in [4.69, 9.17) is 29.1 Å². The van der Waals surface area contributed by atoms with E-state index in [1.54, 1.807) is 34.6 Å². The molecule has 0 radical (unpaired) electrons. The molecule has 0 aromatic carbocycles. The standard InChI is InChI=1S/C34H54N4O11/c1-11-23-34(8)27-18(4)24(39)16(2)13-33(7,48-31(43)36-14-21(35)15-38(27)32(44)49-34)28(19(5)25(40)20(6)29(42)46-23)47-30-26(41)22(37(9)10)12-17(3)45-30/h16-20,22-23,26-28,30,35,41H,11-15H2,1-10H3,(H,36,43)/t16-,17-,18+,19+,20-,22+,23-,26-,27-,28-,30+,33-,34-/m1/s1. The Bertz CT molecular complexity index is 1330. The SMILES string of the molecule is CC[C@H]1OC(=O)[C@H](C)C(=O)[C@H](C)[C@@H](O[C@@H]2O[C@H](C)C[C@H](N(C)C)[C@H]2O)[C@@]2(C)C[C@@H](C)C(=O)[C@H](C)[C@H]3N(CC(=N)CNC(=O)O2)C(=O)O[C@]13C. The molecule has 4 saturated heterocycles. The number of cyclic esters (lactones) is 1. The summed E-state index contributed by atoms with van der Waals surface area (Å²) in [6.07, 6.45) is -6.32. The summed E-state index contributed by atoms with van der Waals surface area (Å²) in [5.41, 5.74) is -3.30. The summed E-state index contributed by atoms with van der Waals surface area (Å²) in [7, 11) is 3.64. The maximum Gasteiger partial charge on any atom is 0.411 e. The molecule has 0 saturated carbocycles. The molecule has 2 amide bonds. The topological polar surface area (TPSA) is 194 Å². The third-order valence-corrected chi connectivity index (χ3v) is 10.8. The number of ketones is 2. The highest BCUT2D eigenvalue weighted by molar-refractivity contribution is 6.00. The first-order chi connectivity index (χ1) is 22.7. The average Bonchev–Trinajstić information content (AvgIpc) is 3.28. The lowest BCUT2D eigenvalue weighted by Crippen LogP contribution is -2.60. The summed E-state index contributed by atoms with van der Waals surface area (Å²) >= 11 is 0. The second-order valence-electron chi connectivity index (χ2n) is 15.0. The lowest BCUT2D eigenvalue weighted by atomic mass is 9.73. The first-order valence-electron chi connectivity index (χ1n) is 17.2. The molecule has 4 aliphatic heterocycles. The van der Waals surface area contributed by atoms with Crippen LogP contribution in [-0.2, 0) is 38.1 Å². The summed E-state index contributed by atoms with van der Waals surface area (Å²) in [5, 5.41) is 22.6. The van der Waals surface area contributed by atoms with Gasteiger partial charge in [0.25, 0.3) is 0 Å². The van der Waals surface area contributed by atoms with Crippen molar-refractivity contribution in [2.75, 3.05) is 27.2 Å². The van der Waals surface area contributed by atoms with Gasteiger partial charge in [-0.3, -0.25) is 19.3 Å². The highest BCUT2D eigenvalue weighted by Gasteiger charge is 2.61. The number of rotatable bonds is 4. The minimum atomic E-state index is -1.72. The van der Waals surface area contributed by atoms with Crippen LogP contribution in [0.5, 0.6) is 0 Å². The predicted octanol–water partition coefficient (Wildman–Crippen LogP) is 2.30. The molecule has 15 nitrogen and oxygen atoms in total. The number of carbonyl (C=O) groups excluding carboxylic acids is 5. The van der Waals surface area contributed by atoms with Gasteiger partial charge in [0.15, 0.2) is 17.7 Å². The smallest absolute Gasteiger partial charge is 0.411 e. The zero-order valence-electron chi connectivity index (χ0n) is 30.3. The highest BCUT2D eigenvalue weighted by Crippen LogP contribution is 2.43. The molecule has 0 aromatic heterocycles. The Morgan fingerprint density at radius 3 is 2.29 bits per heavy atom. The lowest BCUT2D eigenvalue weighted by molar-refractivity contribution is -0.292. The van der Waals surface area contributed by atoms with Gasteiger partial charge in [0.1, 0.15) is 35.6 Å². The Hall–Kier alpha value is -3.14. The molecule has 4 rings (SSSR count). The van der Waals surface area contributed by atoms with Gasteiger partial charge in [0.05, 0.1) is 25.2 Å². The number of fused-ring (bicyclic) bond motifs is 4. The Labute approximate surface area is 288 Å². The average molecular weight is 695 g/mol. The monoisotopic (exact) mass is 694 g/mol. The number of amides is 2. The number of likely N-dealkylation sites (N-methyl/N-ethyl adjacent to an activating group) is 1. The van der Waals surface area contributed by atoms with Gasteiger partial charge in [-0.1, -0.05) is 27.7 Å². The number of hydrogen-bond acceptors (Lipinski definition) is 13. The van der Waals surface area contributed by atoms with Crippen molar-refractivity contribution < 1.29 is 52.8 Å². The molecule has 49 heavy (non-hydrogen) atoms. The quantitative estimate of drug-likeness (QED) is 0.221. The molecule has 4 aliphatic rings. The molecule has 13 atom stereocenters. The first kappa shape index (κ1) is 38.7. The number of esters is 1. The minimum Gasteiger partial charge on any atom is -0.458 e. The Kier molecular flexibility index (Phi) is 11.5. The summed E-state index contributed by atoms with van der Waals surface area (Å²) in [6, 6.07) is -1.33. The number of aliphatic hydroxyl groups is 1. The predicted molar refractivity (Wildman–Crippen MR) is 175 cm³/mol. The van der Waals surface area contributed by atoms with Gasteiger partial charge in [-0.2, -0.15) is 0 Å². The van der Waals surface area contributed by atoms with Crippen LogP contribution in [0.1, 0.15) is 74.7 Å². The Morgan fingerprint density at radius 1 is 1.02 bits per heavy atom. The number of nitrogens with one attached hydrogen (secondary N) is 2. The summed E-state index contributed by atoms with van der Waals surface area (Å²) < 4.78 is 30.5. The van der Waals surface area contributed by atoms with Gasteiger partial charge in [-0.05, 0) is 61.1 Å². The van der Waals surface area contributed by atoms with Crippen LogP contribution >= 0.6 is 0 Å². The van der Waals surface area contributed by atoms with Crippen LogP contribution in [-0.4, -0.2) is 132 Å². The minimum absolute atomic E-state index is 0.0708. The molecular formula is C34H54N4O11. The second-order valence-corrected chi connectivity index (χ2v) is 15.0. The van der Waals surface area contributed by atoms with Crippen LogP contribution in [0.3, 0.4) is 0 Å². The van der Waals surface area contributed by atoms with E-state index in [0.29, 0.717) is 6.42 Å². The van der Waals surface area contributed by atoms with Crippen molar-refractivity contribution in [3.8, 4) is 0 Å². The first-order valence-corrected chi connectivity index (χ1v) is 17.2. The molecule has 0 aromatic rings. The number of Topliss-reactive ketones (excluding diaryl/α,β-unsaturated/α-hetero) is 2. The van der Waals surface area contributed by atoms with Crippen molar-refractivity contribution in [3.63, 3.8) is 0 Å². The molecule has 0 aliphatic carbocycles. The molecule has 276 valence electrons. The third-order valence-electron chi connectivity index (χ3n) is 10.8. The van der Waals surface area contributed by atoms with Crippen molar-refractivity contribution in [2.24, 2.45) is 23.7 Å². The summed E-state index contributed by atoms with van der Waals surface area (Å²) in [6.45, 7) is 12.4. The molecule has 4 heterocycles. The van der Waals surface area contributed by atoms with Crippen LogP contribution in [0, 0.1) is 29.1 Å². The molecular weight excluding hydrogens is 640 g/mol. The van der Waals surface area contributed by atoms with E-state index in [-0.39, 0.29) is 49.6 Å². The molecule has 0 unspecified atom stereocenters. The summed E-state index contributed by atoms with van der Waals surface area (Å²) in [5.74, 6) is -5.94. The van der Waals surface area contributed by atoms with E-state index in [9.17, 15) is 29.1 Å². The van der Waals surface area contributed by atoms with Crippen molar-refractivity contribution in [1.82, 2.24) is 15.1 Å². The fourth-order valence-corrected chi connectivity index (χ4v) is 8.23. The van der Waals surface area contributed by atoms with Crippen LogP contribution in [0.2, 0.25) is 0 Å². The fraction of sp³-hybridized carbons (Fsp3) is 0.824. The third kappa shape index (κ3) is 7.49. The fourth-order valence-electron chi connectivity index (χ4n) is 8.23. The number of alkyl carbamates (subject to hydrolysis) is 1. The second kappa shape index (κ2) is 14.6. The molecule has 15 heteroatoms. The van der Waals surface area contributed by atoms with Crippen molar-refractivity contribution in [1.29, 1.82) is 5.41 Å².